The van der Waals surface area contributed by atoms with Crippen LogP contribution in [0.25, 0.3) is 0 Å². The minimum absolute atomic E-state index is 0.114. The van der Waals surface area contributed by atoms with Crippen molar-refractivity contribution in [3.63, 3.8) is 0 Å². The van der Waals surface area contributed by atoms with Crippen LogP contribution >= 0.6 is 0 Å². The summed E-state index contributed by atoms with van der Waals surface area (Å²) in [6, 6.07) is 8.13. The van der Waals surface area contributed by atoms with Crippen LogP contribution in [0.5, 0.6) is 5.75 Å². The third-order valence-corrected chi connectivity index (χ3v) is 8.06. The van der Waals surface area contributed by atoms with Crippen molar-refractivity contribution < 1.29 is 27.8 Å². The average Bonchev–Trinajstić information content (AvgIpc) is 3.13. The minimum Gasteiger partial charge on any atom is -0.451 e. The fraction of sp³-hybridized carbons (Fsp3) is 0.419. The van der Waals surface area contributed by atoms with E-state index >= 15 is 8.78 Å². The average molecular weight is 581 g/mol. The molecule has 222 valence electrons. The maximum atomic E-state index is 15.2. The summed E-state index contributed by atoms with van der Waals surface area (Å²) in [6.07, 6.45) is 2.27. The van der Waals surface area contributed by atoms with Crippen LogP contribution in [0, 0.1) is 17.6 Å². The first-order valence-corrected chi connectivity index (χ1v) is 14.1. The summed E-state index contributed by atoms with van der Waals surface area (Å²) in [5, 5.41) is 4.36. The zero-order chi connectivity index (χ0) is 30.1. The lowest BCUT2D eigenvalue weighted by Gasteiger charge is -2.40. The Labute approximate surface area is 242 Å². The summed E-state index contributed by atoms with van der Waals surface area (Å²) >= 11 is 0. The Balaban J connectivity index is 1.64. The topological polar surface area (TPSA) is 117 Å². The number of nitrogens with two attached hydrogens (primary N) is 1. The molecule has 2 N–H and O–H groups in total. The van der Waals surface area contributed by atoms with Gasteiger partial charge in [0.05, 0.1) is 12.2 Å². The van der Waals surface area contributed by atoms with Crippen molar-refractivity contribution >= 4 is 11.9 Å². The molecule has 3 aromatic rings. The molecule has 1 amide bonds. The van der Waals surface area contributed by atoms with Crippen LogP contribution < -0.4 is 15.9 Å². The highest BCUT2D eigenvalue weighted by molar-refractivity contribution is 5.96. The predicted molar refractivity (Wildman–Crippen MR) is 150 cm³/mol. The van der Waals surface area contributed by atoms with Crippen LogP contribution in [-0.4, -0.2) is 52.5 Å². The van der Waals surface area contributed by atoms with Gasteiger partial charge in [-0.1, -0.05) is 45.0 Å². The van der Waals surface area contributed by atoms with Gasteiger partial charge >= 0.3 is 5.97 Å². The molecule has 2 aliphatic rings. The third kappa shape index (κ3) is 5.29. The van der Waals surface area contributed by atoms with Crippen molar-refractivity contribution in [3.8, 4) is 5.75 Å². The van der Waals surface area contributed by atoms with E-state index < -0.39 is 42.1 Å². The number of rotatable bonds is 8. The minimum atomic E-state index is -0.886. The first-order valence-electron chi connectivity index (χ1n) is 14.1. The number of amides is 1. The van der Waals surface area contributed by atoms with Gasteiger partial charge in [-0.05, 0) is 59.6 Å². The third-order valence-electron chi connectivity index (χ3n) is 8.06. The number of hydrogen-bond donors (Lipinski definition) is 1. The second kappa shape index (κ2) is 12.0. The Morgan fingerprint density at radius 2 is 1.69 bits per heavy atom. The molecule has 1 aliphatic heterocycles. The van der Waals surface area contributed by atoms with E-state index in [9.17, 15) is 14.4 Å². The maximum Gasteiger partial charge on any atom is 0.326 e. The summed E-state index contributed by atoms with van der Waals surface area (Å²) in [4.78, 5) is 40.6. The van der Waals surface area contributed by atoms with Gasteiger partial charge in [-0.25, -0.2) is 8.78 Å². The molecule has 0 unspecified atom stereocenters. The lowest BCUT2D eigenvalue weighted by atomic mass is 9.81. The molecular weight excluding hydrogens is 546 g/mol. The monoisotopic (exact) mass is 580 g/mol. The van der Waals surface area contributed by atoms with Crippen molar-refractivity contribution in [1.82, 2.24) is 14.7 Å². The molecule has 0 spiro atoms. The van der Waals surface area contributed by atoms with E-state index in [1.807, 2.05) is 19.1 Å². The molecule has 2 heterocycles. The van der Waals surface area contributed by atoms with Crippen LogP contribution in [0.15, 0.2) is 47.4 Å². The number of ether oxygens (including phenoxy) is 2. The molecule has 1 aromatic heterocycles. The zero-order valence-electron chi connectivity index (χ0n) is 23.8. The molecule has 0 radical (unpaired) electrons. The number of carbonyl (C=O) groups is 2. The number of hydrogen-bond acceptors (Lipinski definition) is 7. The summed E-state index contributed by atoms with van der Waals surface area (Å²) in [5.74, 6) is -3.06. The molecule has 0 saturated heterocycles. The van der Waals surface area contributed by atoms with E-state index in [0.29, 0.717) is 48.1 Å². The Morgan fingerprint density at radius 3 is 2.26 bits per heavy atom. The first-order chi connectivity index (χ1) is 20.1. The van der Waals surface area contributed by atoms with Gasteiger partial charge in [-0.15, -0.1) is 0 Å². The van der Waals surface area contributed by atoms with Crippen LogP contribution in [0.1, 0.15) is 71.9 Å². The lowest BCUT2D eigenvalue weighted by Crippen LogP contribution is -2.47. The normalized spacial score (nSPS) is 17.3. The SMILES string of the molecule is CCCN1C[C@H](C2c3cccc(F)c3CCc3c(F)cccc32)n2ncc(=O)c(OCOC(=O)[C@H](N)C(C)C)c2C1=O. The van der Waals surface area contributed by atoms with Gasteiger partial charge in [0.1, 0.15) is 17.7 Å². The molecule has 2 aromatic carbocycles. The molecule has 0 fully saturated rings. The van der Waals surface area contributed by atoms with Gasteiger partial charge in [0.2, 0.25) is 18.0 Å². The Morgan fingerprint density at radius 1 is 1.07 bits per heavy atom. The summed E-state index contributed by atoms with van der Waals surface area (Å²) in [6.45, 7) is 5.37. The highest BCUT2D eigenvalue weighted by Gasteiger charge is 2.42. The van der Waals surface area contributed by atoms with Crippen LogP contribution in [0.3, 0.4) is 0 Å². The van der Waals surface area contributed by atoms with Crippen LogP contribution in [0.2, 0.25) is 0 Å². The molecule has 42 heavy (non-hydrogen) atoms. The Kier molecular flexibility index (Phi) is 8.40. The maximum absolute atomic E-state index is 15.2. The van der Waals surface area contributed by atoms with Gasteiger partial charge in [0.25, 0.3) is 5.91 Å². The van der Waals surface area contributed by atoms with Crippen LogP contribution in [-0.2, 0) is 22.4 Å². The molecule has 11 heteroatoms. The van der Waals surface area contributed by atoms with E-state index in [1.54, 1.807) is 30.9 Å². The number of halogens is 2. The first kappa shape index (κ1) is 29.4. The van der Waals surface area contributed by atoms with Gasteiger partial charge in [0.15, 0.2) is 5.69 Å². The molecular formula is C31H34F2N4O5. The van der Waals surface area contributed by atoms with E-state index in [0.717, 1.165) is 6.20 Å². The Hall–Kier alpha value is -4.12. The van der Waals surface area contributed by atoms with Crippen LogP contribution in [0.4, 0.5) is 8.78 Å². The van der Waals surface area contributed by atoms with Gasteiger partial charge in [0, 0.05) is 19.0 Å². The molecule has 9 nitrogen and oxygen atoms in total. The second-order valence-electron chi connectivity index (χ2n) is 11.0. The smallest absolute Gasteiger partial charge is 0.326 e. The van der Waals surface area contributed by atoms with Crippen molar-refractivity contribution in [1.29, 1.82) is 0 Å². The number of esters is 1. The van der Waals surface area contributed by atoms with Crippen molar-refractivity contribution in [2.75, 3.05) is 19.9 Å². The highest BCUT2D eigenvalue weighted by atomic mass is 19.1. The van der Waals surface area contributed by atoms with Gasteiger partial charge < -0.3 is 20.1 Å². The zero-order valence-corrected chi connectivity index (χ0v) is 23.8. The summed E-state index contributed by atoms with van der Waals surface area (Å²) in [7, 11) is 0. The Bertz CT molecular complexity index is 1520. The standard InChI is InChI=1S/C31H34F2N4O5/c1-4-13-36-15-24(26-20-7-5-9-22(32)18(20)11-12-19-21(26)8-6-10-23(19)33)37-28(30(36)39)29(25(38)14-35-37)41-16-42-31(40)27(34)17(2)3/h5-10,14,17,24,26-27H,4,11-13,15-16,34H2,1-3H3/t24-,27-/m1/s1. The largest absolute Gasteiger partial charge is 0.451 e. The quantitative estimate of drug-likeness (QED) is 0.319. The van der Waals surface area contributed by atoms with E-state index in [2.05, 4.69) is 5.10 Å². The number of fused-ring (bicyclic) bond motifs is 3. The summed E-state index contributed by atoms with van der Waals surface area (Å²) in [5.41, 5.74) is 7.35. The number of aromatic nitrogens is 2. The van der Waals surface area contributed by atoms with E-state index in [1.165, 1.54) is 16.8 Å². The number of benzene rings is 2. The molecule has 1 aliphatic carbocycles. The van der Waals surface area contributed by atoms with Crippen molar-refractivity contribution in [2.45, 2.75) is 58.0 Å². The molecule has 0 saturated carbocycles. The van der Waals surface area contributed by atoms with E-state index in [-0.39, 0.29) is 35.5 Å². The van der Waals surface area contributed by atoms with Crippen molar-refractivity contribution in [2.24, 2.45) is 11.7 Å². The lowest BCUT2D eigenvalue weighted by molar-refractivity contribution is -0.152. The fourth-order valence-electron chi connectivity index (χ4n) is 5.89. The van der Waals surface area contributed by atoms with Gasteiger partial charge in [-0.2, -0.15) is 5.10 Å². The molecule has 5 rings (SSSR count). The highest BCUT2D eigenvalue weighted by Crippen LogP contribution is 2.44. The fourth-order valence-corrected chi connectivity index (χ4v) is 5.89. The summed E-state index contributed by atoms with van der Waals surface area (Å²) < 4.78 is 42.6. The second-order valence-corrected chi connectivity index (χ2v) is 11.0. The van der Waals surface area contributed by atoms with Crippen molar-refractivity contribution in [3.05, 3.63) is 92.4 Å². The molecule has 2 atom stereocenters. The van der Waals surface area contributed by atoms with Gasteiger partial charge in [-0.3, -0.25) is 19.1 Å². The van der Waals surface area contributed by atoms with E-state index in [4.69, 9.17) is 15.2 Å². The number of nitrogens with zero attached hydrogens (tertiary/aromatic N) is 3. The number of carbonyl (C=O) groups excluding carboxylic acids is 2. The predicted octanol–water partition coefficient (Wildman–Crippen LogP) is 3.72. The molecule has 0 bridgehead atoms.